The first kappa shape index (κ1) is 15.6. The molecule has 3 nitrogen and oxygen atoms in total. The first-order valence-electron chi connectivity index (χ1n) is 6.07. The molecule has 0 aliphatic carbocycles. The predicted molar refractivity (Wildman–Crippen MR) is 77.4 cm³/mol. The minimum Gasteiger partial charge on any atom is -0.406 e. The van der Waals surface area contributed by atoms with E-state index in [1.165, 1.54) is 0 Å². The second-order valence-corrected chi connectivity index (χ2v) is 11.1. The Balaban J connectivity index is 2.89. The highest BCUT2D eigenvalue weighted by molar-refractivity contribution is 6.74. The molecule has 1 heterocycles. The maximum absolute atomic E-state index is 9.50. The minimum absolute atomic E-state index is 0.0683. The third kappa shape index (κ3) is 3.78. The van der Waals surface area contributed by atoms with Crippen molar-refractivity contribution >= 4 is 19.9 Å². The second kappa shape index (κ2) is 5.69. The lowest BCUT2D eigenvalue weighted by molar-refractivity contribution is 0.100. The number of rotatable bonds is 4. The van der Waals surface area contributed by atoms with Crippen molar-refractivity contribution in [3.8, 4) is 0 Å². The van der Waals surface area contributed by atoms with Crippen LogP contribution in [0.15, 0.2) is 18.3 Å². The zero-order valence-electron chi connectivity index (χ0n) is 11.7. The Hall–Kier alpha value is -0.423. The zero-order valence-corrected chi connectivity index (χ0v) is 13.5. The molecule has 0 radical (unpaired) electrons. The first-order valence-corrected chi connectivity index (χ1v) is 9.36. The predicted octanol–water partition coefficient (Wildman–Crippen LogP) is 3.79. The molecule has 1 aromatic heterocycles. The fraction of sp³-hybridized carbons (Fsp3) is 0.615. The van der Waals surface area contributed by atoms with E-state index in [2.05, 4.69) is 38.8 Å². The van der Waals surface area contributed by atoms with Crippen LogP contribution in [-0.4, -0.2) is 25.0 Å². The standard InChI is InChI=1S/C13H22ClNO2Si/c1-13(2,3)18(4,5)17-12(9-16)11-7-6-10(14)8-15-11/h6-8,12,16H,9H2,1-5H3/t12-/m1/s1. The Morgan fingerprint density at radius 3 is 2.39 bits per heavy atom. The van der Waals surface area contributed by atoms with Crippen LogP contribution < -0.4 is 0 Å². The van der Waals surface area contributed by atoms with Crippen molar-refractivity contribution in [3.63, 3.8) is 0 Å². The molecular weight excluding hydrogens is 266 g/mol. The van der Waals surface area contributed by atoms with Crippen LogP contribution >= 0.6 is 11.6 Å². The van der Waals surface area contributed by atoms with E-state index in [1.807, 2.05) is 0 Å². The molecule has 0 unspecified atom stereocenters. The van der Waals surface area contributed by atoms with Crippen LogP contribution in [0.3, 0.4) is 0 Å². The van der Waals surface area contributed by atoms with Crippen LogP contribution in [-0.2, 0) is 4.43 Å². The summed E-state index contributed by atoms with van der Waals surface area (Å²) in [5.41, 5.74) is 0.728. The number of hydrogen-bond acceptors (Lipinski definition) is 3. The number of aliphatic hydroxyl groups excluding tert-OH is 1. The highest BCUT2D eigenvalue weighted by Crippen LogP contribution is 2.39. The Kier molecular flexibility index (Phi) is 4.95. The van der Waals surface area contributed by atoms with Gasteiger partial charge in [0.25, 0.3) is 0 Å². The van der Waals surface area contributed by atoms with E-state index >= 15 is 0 Å². The van der Waals surface area contributed by atoms with Crippen molar-refractivity contribution in [2.75, 3.05) is 6.61 Å². The molecular formula is C13H22ClNO2Si. The average molecular weight is 288 g/mol. The molecule has 0 spiro atoms. The van der Waals surface area contributed by atoms with Crippen molar-refractivity contribution in [1.82, 2.24) is 4.98 Å². The average Bonchev–Trinajstić information content (AvgIpc) is 2.25. The molecule has 1 atom stereocenters. The Labute approximate surface area is 115 Å². The maximum Gasteiger partial charge on any atom is 0.193 e. The van der Waals surface area contributed by atoms with E-state index in [1.54, 1.807) is 18.3 Å². The van der Waals surface area contributed by atoms with Gasteiger partial charge in [-0.3, -0.25) is 4.98 Å². The van der Waals surface area contributed by atoms with Gasteiger partial charge in [-0.1, -0.05) is 32.4 Å². The smallest absolute Gasteiger partial charge is 0.193 e. The zero-order chi connectivity index (χ0) is 14.0. The molecule has 18 heavy (non-hydrogen) atoms. The number of aliphatic hydroxyl groups is 1. The van der Waals surface area contributed by atoms with E-state index in [0.29, 0.717) is 5.02 Å². The molecule has 102 valence electrons. The van der Waals surface area contributed by atoms with E-state index in [4.69, 9.17) is 16.0 Å². The summed E-state index contributed by atoms with van der Waals surface area (Å²) in [4.78, 5) is 4.22. The lowest BCUT2D eigenvalue weighted by Gasteiger charge is -2.38. The van der Waals surface area contributed by atoms with E-state index in [9.17, 15) is 5.11 Å². The molecule has 1 N–H and O–H groups in total. The number of halogens is 1. The van der Waals surface area contributed by atoms with Gasteiger partial charge in [-0.15, -0.1) is 0 Å². The van der Waals surface area contributed by atoms with E-state index in [-0.39, 0.29) is 17.7 Å². The summed E-state index contributed by atoms with van der Waals surface area (Å²) in [5, 5.41) is 10.2. The lowest BCUT2D eigenvalue weighted by Crippen LogP contribution is -2.42. The van der Waals surface area contributed by atoms with Gasteiger partial charge in [-0.25, -0.2) is 0 Å². The van der Waals surface area contributed by atoms with Crippen molar-refractivity contribution in [2.24, 2.45) is 0 Å². The molecule has 0 bridgehead atoms. The van der Waals surface area contributed by atoms with E-state index < -0.39 is 8.32 Å². The Morgan fingerprint density at radius 1 is 1.39 bits per heavy atom. The molecule has 0 amide bonds. The lowest BCUT2D eigenvalue weighted by atomic mass is 10.2. The molecule has 0 fully saturated rings. The SMILES string of the molecule is CC(C)(C)[Si](C)(C)O[C@H](CO)c1ccc(Cl)cn1. The monoisotopic (exact) mass is 287 g/mol. The third-order valence-electron chi connectivity index (χ3n) is 3.49. The summed E-state index contributed by atoms with van der Waals surface area (Å²) >= 11 is 5.81. The molecule has 0 saturated heterocycles. The number of hydrogen-bond donors (Lipinski definition) is 1. The molecule has 5 heteroatoms. The van der Waals surface area contributed by atoms with Crippen molar-refractivity contribution in [2.45, 2.75) is 45.0 Å². The Bertz CT molecular complexity index is 387. The van der Waals surface area contributed by atoms with Gasteiger partial charge in [0.15, 0.2) is 8.32 Å². The highest BCUT2D eigenvalue weighted by Gasteiger charge is 2.39. The van der Waals surface area contributed by atoms with Crippen LogP contribution in [0.2, 0.25) is 23.2 Å². The summed E-state index contributed by atoms with van der Waals surface area (Å²) < 4.78 is 6.16. The van der Waals surface area contributed by atoms with Crippen LogP contribution in [0.4, 0.5) is 0 Å². The van der Waals surface area contributed by atoms with Gasteiger partial charge in [-0.05, 0) is 30.3 Å². The van der Waals surface area contributed by atoms with Crippen LogP contribution in [0.5, 0.6) is 0 Å². The normalized spacial score (nSPS) is 14.6. The molecule has 0 aliphatic heterocycles. The van der Waals surface area contributed by atoms with Crippen LogP contribution in [0.1, 0.15) is 32.6 Å². The number of aromatic nitrogens is 1. The van der Waals surface area contributed by atoms with Gasteiger partial charge in [0, 0.05) is 6.20 Å². The summed E-state index contributed by atoms with van der Waals surface area (Å²) in [6.45, 7) is 10.8. The molecule has 1 rings (SSSR count). The molecule has 1 aromatic rings. The van der Waals surface area contributed by atoms with Crippen molar-refractivity contribution in [3.05, 3.63) is 29.0 Å². The van der Waals surface area contributed by atoms with Crippen molar-refractivity contribution in [1.29, 1.82) is 0 Å². The van der Waals surface area contributed by atoms with Gasteiger partial charge in [-0.2, -0.15) is 0 Å². The summed E-state index contributed by atoms with van der Waals surface area (Å²) in [6, 6.07) is 3.57. The largest absolute Gasteiger partial charge is 0.406 e. The van der Waals surface area contributed by atoms with Crippen LogP contribution in [0.25, 0.3) is 0 Å². The molecule has 0 aromatic carbocycles. The Morgan fingerprint density at radius 2 is 2.00 bits per heavy atom. The van der Waals surface area contributed by atoms with Gasteiger partial charge in [0.05, 0.1) is 17.3 Å². The highest BCUT2D eigenvalue weighted by atomic mass is 35.5. The maximum atomic E-state index is 9.50. The topological polar surface area (TPSA) is 42.4 Å². The van der Waals surface area contributed by atoms with Gasteiger partial charge in [0.1, 0.15) is 6.10 Å². The van der Waals surface area contributed by atoms with Gasteiger partial charge < -0.3 is 9.53 Å². The van der Waals surface area contributed by atoms with Gasteiger partial charge in [0.2, 0.25) is 0 Å². The second-order valence-electron chi connectivity index (χ2n) is 5.95. The van der Waals surface area contributed by atoms with E-state index in [0.717, 1.165) is 5.69 Å². The fourth-order valence-electron chi connectivity index (χ4n) is 1.30. The fourth-order valence-corrected chi connectivity index (χ4v) is 2.67. The quantitative estimate of drug-likeness (QED) is 0.857. The minimum atomic E-state index is -1.92. The molecule has 0 saturated carbocycles. The summed E-state index contributed by atoms with van der Waals surface area (Å²) in [7, 11) is -1.92. The van der Waals surface area contributed by atoms with Gasteiger partial charge >= 0.3 is 0 Å². The van der Waals surface area contributed by atoms with Crippen LogP contribution in [0, 0.1) is 0 Å². The summed E-state index contributed by atoms with van der Waals surface area (Å²) in [5.74, 6) is 0. The summed E-state index contributed by atoms with van der Waals surface area (Å²) in [6.07, 6.45) is 1.21. The first-order chi connectivity index (χ1) is 8.17. The number of pyridine rings is 1. The third-order valence-corrected chi connectivity index (χ3v) is 8.20. The van der Waals surface area contributed by atoms with Crippen molar-refractivity contribution < 1.29 is 9.53 Å². The molecule has 0 aliphatic rings. The number of nitrogens with zero attached hydrogens (tertiary/aromatic N) is 1.